The summed E-state index contributed by atoms with van der Waals surface area (Å²) < 4.78 is 81.0. The number of aryl methyl sites for hydroxylation is 1. The van der Waals surface area contributed by atoms with Gasteiger partial charge in [-0.15, -0.1) is 0 Å². The number of carbonyl (C=O) groups is 1. The fourth-order valence-electron chi connectivity index (χ4n) is 3.24. The number of benzene rings is 1. The summed E-state index contributed by atoms with van der Waals surface area (Å²) in [5.74, 6) is -4.18. The van der Waals surface area contributed by atoms with Crippen LogP contribution in [0.25, 0.3) is 0 Å². The monoisotopic (exact) mass is 472 g/mol. The number of aliphatic imine (C=N–C) groups is 1. The van der Waals surface area contributed by atoms with Crippen LogP contribution in [0.2, 0.25) is 0 Å². The number of aromatic nitrogens is 2. The zero-order valence-electron chi connectivity index (χ0n) is 17.4. The van der Waals surface area contributed by atoms with Crippen molar-refractivity contribution < 1.29 is 30.8 Å². The summed E-state index contributed by atoms with van der Waals surface area (Å²) in [7, 11) is -4.48. The maximum absolute atomic E-state index is 14.7. The minimum Gasteiger partial charge on any atom is -0.386 e. The van der Waals surface area contributed by atoms with Crippen molar-refractivity contribution in [2.75, 3.05) is 5.75 Å². The number of nitrogens with two attached hydrogens (primary N) is 1. The highest BCUT2D eigenvalue weighted by molar-refractivity contribution is 7.93. The number of halogens is 4. The molecule has 0 saturated heterocycles. The molecule has 0 amide bonds. The second-order valence-electron chi connectivity index (χ2n) is 8.08. The molecular formula is C20H20F4N4O3S. The predicted octanol–water partition coefficient (Wildman–Crippen LogP) is 2.67. The first kappa shape index (κ1) is 23.8. The largest absolute Gasteiger partial charge is 0.418 e. The number of hydrogen-bond donors (Lipinski definition) is 1. The van der Waals surface area contributed by atoms with Crippen molar-refractivity contribution in [2.24, 2.45) is 10.7 Å². The van der Waals surface area contributed by atoms with Crippen LogP contribution in [-0.2, 0) is 21.8 Å². The molecule has 1 aliphatic rings. The van der Waals surface area contributed by atoms with Crippen molar-refractivity contribution in [1.82, 2.24) is 9.97 Å². The Bertz CT molecular complexity index is 1210. The van der Waals surface area contributed by atoms with Crippen LogP contribution in [0.15, 0.2) is 35.6 Å². The number of rotatable bonds is 4. The van der Waals surface area contributed by atoms with Gasteiger partial charge in [0.25, 0.3) is 0 Å². The van der Waals surface area contributed by atoms with E-state index in [4.69, 9.17) is 5.73 Å². The van der Waals surface area contributed by atoms with Crippen molar-refractivity contribution in [3.8, 4) is 0 Å². The van der Waals surface area contributed by atoms with Crippen LogP contribution in [-0.4, -0.2) is 46.7 Å². The average Bonchev–Trinajstić information content (AvgIpc) is 2.67. The van der Waals surface area contributed by atoms with E-state index in [1.165, 1.54) is 12.4 Å². The molecule has 2 heterocycles. The predicted molar refractivity (Wildman–Crippen MR) is 108 cm³/mol. The molecule has 0 spiro atoms. The normalized spacial score (nSPS) is 22.3. The summed E-state index contributed by atoms with van der Waals surface area (Å²) in [5, 5.41) is 0. The van der Waals surface area contributed by atoms with Crippen molar-refractivity contribution in [3.63, 3.8) is 0 Å². The fourth-order valence-corrected chi connectivity index (χ4v) is 4.89. The minimum absolute atomic E-state index is 0.0173. The Hall–Kier alpha value is -2.89. The molecule has 0 fully saturated rings. The van der Waals surface area contributed by atoms with Crippen LogP contribution in [0.5, 0.6) is 0 Å². The van der Waals surface area contributed by atoms with E-state index < -0.39 is 61.5 Å². The molecule has 0 aliphatic carbocycles. The number of carbonyl (C=O) groups excluding carboxylic acids is 1. The lowest BCUT2D eigenvalue weighted by molar-refractivity contribution is -0.183. The molecule has 1 aromatic heterocycles. The fraction of sp³-hybridized carbons (Fsp3) is 0.400. The van der Waals surface area contributed by atoms with Gasteiger partial charge in [0.15, 0.2) is 21.2 Å². The van der Waals surface area contributed by atoms with Crippen LogP contribution in [0.3, 0.4) is 0 Å². The van der Waals surface area contributed by atoms with E-state index in [-0.39, 0.29) is 11.3 Å². The second-order valence-corrected chi connectivity index (χ2v) is 10.6. The highest BCUT2D eigenvalue weighted by atomic mass is 32.2. The zero-order chi connectivity index (χ0) is 24.1. The average molecular weight is 472 g/mol. The lowest BCUT2D eigenvalue weighted by Gasteiger charge is -2.40. The summed E-state index contributed by atoms with van der Waals surface area (Å²) in [4.78, 5) is 23.8. The second kappa shape index (κ2) is 7.61. The summed E-state index contributed by atoms with van der Waals surface area (Å²) >= 11 is 0. The van der Waals surface area contributed by atoms with Gasteiger partial charge in [-0.25, -0.2) is 22.8 Å². The van der Waals surface area contributed by atoms with Gasteiger partial charge in [0.1, 0.15) is 22.1 Å². The lowest BCUT2D eigenvalue weighted by Crippen LogP contribution is -2.60. The zero-order valence-corrected chi connectivity index (χ0v) is 18.2. The van der Waals surface area contributed by atoms with E-state index in [0.29, 0.717) is 5.69 Å². The highest BCUT2D eigenvalue weighted by Gasteiger charge is 2.64. The van der Waals surface area contributed by atoms with Crippen molar-refractivity contribution >= 4 is 21.5 Å². The van der Waals surface area contributed by atoms with Crippen LogP contribution in [0.1, 0.15) is 41.2 Å². The van der Waals surface area contributed by atoms with Gasteiger partial charge in [-0.2, -0.15) is 13.2 Å². The van der Waals surface area contributed by atoms with Gasteiger partial charge in [-0.1, -0.05) is 6.07 Å². The summed E-state index contributed by atoms with van der Waals surface area (Å²) in [6, 6.07) is 2.67. The van der Waals surface area contributed by atoms with Gasteiger partial charge < -0.3 is 5.73 Å². The smallest absolute Gasteiger partial charge is 0.386 e. The van der Waals surface area contributed by atoms with E-state index in [1.807, 2.05) is 0 Å². The summed E-state index contributed by atoms with van der Waals surface area (Å²) in [6.45, 7) is 3.93. The van der Waals surface area contributed by atoms with E-state index in [1.54, 1.807) is 6.92 Å². The summed E-state index contributed by atoms with van der Waals surface area (Å²) in [5.41, 5.74) is 1.74. The first-order valence-corrected chi connectivity index (χ1v) is 11.0. The molecule has 7 nitrogen and oxygen atoms in total. The standard InChI is InChI=1S/C20H20F4N4O3S/c1-11-8-27-15(9-26-11)16(29)7-12-4-5-14(21)13(6-12)19(20(22,23)24)10-32(30,31)18(2,3)17(25)28-19/h4-6,8-9H,7,10H2,1-3H3,(H2,25,28)/t19-/m1/s1. The molecule has 1 atom stereocenters. The molecule has 32 heavy (non-hydrogen) atoms. The molecule has 12 heteroatoms. The van der Waals surface area contributed by atoms with Crippen molar-refractivity contribution in [2.45, 2.75) is 43.7 Å². The third-order valence-corrected chi connectivity index (χ3v) is 8.04. The van der Waals surface area contributed by atoms with Crippen molar-refractivity contribution in [3.05, 3.63) is 58.9 Å². The lowest BCUT2D eigenvalue weighted by atomic mass is 9.88. The van der Waals surface area contributed by atoms with Crippen LogP contribution in [0, 0.1) is 12.7 Å². The van der Waals surface area contributed by atoms with Gasteiger partial charge in [-0.05, 0) is 38.5 Å². The molecule has 2 aromatic rings. The van der Waals surface area contributed by atoms with Crippen LogP contribution < -0.4 is 5.73 Å². The summed E-state index contributed by atoms with van der Waals surface area (Å²) in [6.07, 6.45) is -3.11. The van der Waals surface area contributed by atoms with Crippen LogP contribution in [0.4, 0.5) is 17.6 Å². The molecular weight excluding hydrogens is 452 g/mol. The Kier molecular flexibility index (Phi) is 5.65. The maximum Gasteiger partial charge on any atom is 0.418 e. The molecule has 172 valence electrons. The van der Waals surface area contributed by atoms with Gasteiger partial charge >= 0.3 is 6.18 Å². The molecule has 0 bridgehead atoms. The SMILES string of the molecule is Cc1cnc(C(=O)Cc2ccc(F)c([C@@]3(C(F)(F)F)CS(=O)(=O)C(C)(C)C(N)=N3)c2)cn1. The Balaban J connectivity index is 2.13. The van der Waals surface area contributed by atoms with Gasteiger partial charge in [0, 0.05) is 18.2 Å². The quantitative estimate of drug-likeness (QED) is 0.540. The molecule has 1 aliphatic heterocycles. The van der Waals surface area contributed by atoms with E-state index in [0.717, 1.165) is 32.0 Å². The molecule has 1 aromatic carbocycles. The number of hydrogen-bond acceptors (Lipinski definition) is 7. The van der Waals surface area contributed by atoms with E-state index in [9.17, 15) is 30.8 Å². The number of nitrogens with zero attached hydrogens (tertiary/aromatic N) is 3. The first-order valence-electron chi connectivity index (χ1n) is 9.36. The van der Waals surface area contributed by atoms with Crippen LogP contribution >= 0.6 is 0 Å². The number of ketones is 1. The minimum atomic E-state index is -5.28. The van der Waals surface area contributed by atoms with Gasteiger partial charge in [-0.3, -0.25) is 9.78 Å². The van der Waals surface area contributed by atoms with E-state index >= 15 is 0 Å². The molecule has 0 radical (unpaired) electrons. The Morgan fingerprint density at radius 3 is 2.38 bits per heavy atom. The molecule has 3 rings (SSSR count). The van der Waals surface area contributed by atoms with Gasteiger partial charge in [0.2, 0.25) is 0 Å². The molecule has 0 unspecified atom stereocenters. The van der Waals surface area contributed by atoms with Crippen molar-refractivity contribution in [1.29, 1.82) is 0 Å². The number of sulfone groups is 1. The Morgan fingerprint density at radius 1 is 1.19 bits per heavy atom. The number of alkyl halides is 3. The number of Topliss-reactive ketones (excluding diaryl/α,β-unsaturated/α-hetero) is 1. The third-order valence-electron chi connectivity index (χ3n) is 5.48. The topological polar surface area (TPSA) is 115 Å². The third kappa shape index (κ3) is 3.87. The van der Waals surface area contributed by atoms with Gasteiger partial charge in [0.05, 0.1) is 17.6 Å². The number of amidine groups is 1. The first-order chi connectivity index (χ1) is 14.6. The molecule has 2 N–H and O–H groups in total. The Morgan fingerprint density at radius 2 is 1.84 bits per heavy atom. The highest BCUT2D eigenvalue weighted by Crippen LogP contribution is 2.48. The Labute approximate surface area is 181 Å². The molecule has 0 saturated carbocycles. The van der Waals surface area contributed by atoms with E-state index in [2.05, 4.69) is 15.0 Å². The maximum atomic E-state index is 14.7.